The second-order valence-corrected chi connectivity index (χ2v) is 8.73. The molecular formula is C13H19BrN2O2S2. The third-order valence-corrected chi connectivity index (χ3v) is 7.12. The largest absolute Gasteiger partial charge is 0.316 e. The molecule has 4 nitrogen and oxygen atoms in total. The number of hydrogen-bond donors (Lipinski definition) is 1. The Labute approximate surface area is 133 Å². The van der Waals surface area contributed by atoms with Gasteiger partial charge >= 0.3 is 0 Å². The molecule has 1 fully saturated rings. The lowest BCUT2D eigenvalue weighted by Gasteiger charge is -2.26. The average Bonchev–Trinajstić information content (AvgIpc) is 2.43. The molecule has 0 unspecified atom stereocenters. The lowest BCUT2D eigenvalue weighted by atomic mass is 10.1. The molecule has 0 atom stereocenters. The zero-order valence-electron chi connectivity index (χ0n) is 11.6. The van der Waals surface area contributed by atoms with Gasteiger partial charge in [-0.1, -0.05) is 15.9 Å². The number of hydrogen-bond acceptors (Lipinski definition) is 4. The third-order valence-electron chi connectivity index (χ3n) is 3.33. The molecule has 1 N–H and O–H groups in total. The van der Waals surface area contributed by atoms with Crippen LogP contribution in [-0.4, -0.2) is 44.4 Å². The van der Waals surface area contributed by atoms with Crippen LogP contribution in [0, 0.1) is 6.92 Å². The Bertz CT molecular complexity index is 584. The highest BCUT2D eigenvalue weighted by Crippen LogP contribution is 2.29. The summed E-state index contributed by atoms with van der Waals surface area (Å²) in [5, 5.41) is 3.06. The Morgan fingerprint density at radius 3 is 2.60 bits per heavy atom. The van der Waals surface area contributed by atoms with E-state index in [-0.39, 0.29) is 0 Å². The Morgan fingerprint density at radius 2 is 2.00 bits per heavy atom. The molecule has 0 bridgehead atoms. The molecular weight excluding hydrogens is 360 g/mol. The second kappa shape index (κ2) is 6.79. The lowest BCUT2D eigenvalue weighted by Crippen LogP contribution is -2.38. The first-order valence-electron chi connectivity index (χ1n) is 6.48. The molecule has 1 aromatic carbocycles. The SMILES string of the molecule is CNCc1cc(Br)c(C)c(S(=O)(=O)N2CCSCC2)c1. The summed E-state index contributed by atoms with van der Waals surface area (Å²) in [5.41, 5.74) is 1.75. The molecule has 0 aromatic heterocycles. The summed E-state index contributed by atoms with van der Waals surface area (Å²) in [7, 11) is -1.54. The fraction of sp³-hybridized carbons (Fsp3) is 0.538. The Hall–Kier alpha value is -0.0800. The molecule has 0 aliphatic carbocycles. The zero-order valence-corrected chi connectivity index (χ0v) is 14.9. The molecule has 0 radical (unpaired) electrons. The van der Waals surface area contributed by atoms with Gasteiger partial charge in [0.2, 0.25) is 10.0 Å². The van der Waals surface area contributed by atoms with E-state index in [1.54, 1.807) is 22.1 Å². The van der Waals surface area contributed by atoms with E-state index in [0.717, 1.165) is 27.1 Å². The van der Waals surface area contributed by atoms with Gasteiger partial charge in [0.1, 0.15) is 0 Å². The van der Waals surface area contributed by atoms with Crippen LogP contribution < -0.4 is 5.32 Å². The molecule has 0 spiro atoms. The molecule has 1 aliphatic heterocycles. The normalized spacial score (nSPS) is 17.4. The molecule has 0 amide bonds. The van der Waals surface area contributed by atoms with Crippen molar-refractivity contribution in [3.63, 3.8) is 0 Å². The minimum atomic E-state index is -3.39. The Balaban J connectivity index is 2.44. The zero-order chi connectivity index (χ0) is 14.8. The average molecular weight is 379 g/mol. The first-order valence-corrected chi connectivity index (χ1v) is 9.87. The summed E-state index contributed by atoms with van der Waals surface area (Å²) in [4.78, 5) is 0.420. The number of nitrogens with one attached hydrogen (secondary N) is 1. The number of benzene rings is 1. The number of halogens is 1. The van der Waals surface area contributed by atoms with Crippen molar-refractivity contribution in [1.82, 2.24) is 9.62 Å². The van der Waals surface area contributed by atoms with E-state index in [0.29, 0.717) is 24.5 Å². The number of rotatable bonds is 4. The maximum atomic E-state index is 12.8. The van der Waals surface area contributed by atoms with Crippen LogP contribution in [0.2, 0.25) is 0 Å². The van der Waals surface area contributed by atoms with Crippen LogP contribution in [0.25, 0.3) is 0 Å². The van der Waals surface area contributed by atoms with Gasteiger partial charge in [0.15, 0.2) is 0 Å². The van der Waals surface area contributed by atoms with E-state index in [2.05, 4.69) is 21.2 Å². The van der Waals surface area contributed by atoms with Crippen molar-refractivity contribution in [1.29, 1.82) is 0 Å². The minimum Gasteiger partial charge on any atom is -0.316 e. The highest BCUT2D eigenvalue weighted by atomic mass is 79.9. The van der Waals surface area contributed by atoms with E-state index < -0.39 is 10.0 Å². The molecule has 1 heterocycles. The summed E-state index contributed by atoms with van der Waals surface area (Å²) >= 11 is 5.27. The first kappa shape index (κ1) is 16.3. The lowest BCUT2D eigenvalue weighted by molar-refractivity contribution is 0.443. The predicted molar refractivity (Wildman–Crippen MR) is 87.7 cm³/mol. The molecule has 112 valence electrons. The fourth-order valence-electron chi connectivity index (χ4n) is 2.21. The van der Waals surface area contributed by atoms with E-state index in [1.807, 2.05) is 20.0 Å². The van der Waals surface area contributed by atoms with Gasteiger partial charge in [0.05, 0.1) is 4.90 Å². The van der Waals surface area contributed by atoms with Gasteiger partial charge in [-0.3, -0.25) is 0 Å². The third kappa shape index (κ3) is 3.39. The quantitative estimate of drug-likeness (QED) is 0.872. The monoisotopic (exact) mass is 378 g/mol. The molecule has 0 saturated carbocycles. The Morgan fingerprint density at radius 1 is 1.35 bits per heavy atom. The molecule has 1 aliphatic rings. The number of sulfonamides is 1. The molecule has 7 heteroatoms. The van der Waals surface area contributed by atoms with Crippen molar-refractivity contribution < 1.29 is 8.42 Å². The van der Waals surface area contributed by atoms with Crippen molar-refractivity contribution in [2.75, 3.05) is 31.6 Å². The van der Waals surface area contributed by atoms with Crippen LogP contribution in [0.5, 0.6) is 0 Å². The maximum Gasteiger partial charge on any atom is 0.243 e. The smallest absolute Gasteiger partial charge is 0.243 e. The topological polar surface area (TPSA) is 49.4 Å². The fourth-order valence-corrected chi connectivity index (χ4v) is 5.72. The van der Waals surface area contributed by atoms with E-state index in [1.165, 1.54) is 0 Å². The van der Waals surface area contributed by atoms with E-state index in [9.17, 15) is 8.42 Å². The van der Waals surface area contributed by atoms with Gasteiger partial charge in [-0.2, -0.15) is 16.1 Å². The molecule has 1 saturated heterocycles. The van der Waals surface area contributed by atoms with Crippen LogP contribution in [0.3, 0.4) is 0 Å². The van der Waals surface area contributed by atoms with Gasteiger partial charge in [0, 0.05) is 35.6 Å². The predicted octanol–water partition coefficient (Wildman–Crippen LogP) is 2.21. The van der Waals surface area contributed by atoms with Crippen LogP contribution in [0.1, 0.15) is 11.1 Å². The van der Waals surface area contributed by atoms with Crippen molar-refractivity contribution in [2.45, 2.75) is 18.4 Å². The van der Waals surface area contributed by atoms with Gasteiger partial charge < -0.3 is 5.32 Å². The van der Waals surface area contributed by atoms with Crippen LogP contribution in [0.4, 0.5) is 0 Å². The number of thioether (sulfide) groups is 1. The van der Waals surface area contributed by atoms with Crippen molar-refractivity contribution >= 4 is 37.7 Å². The van der Waals surface area contributed by atoms with Crippen molar-refractivity contribution in [2.24, 2.45) is 0 Å². The molecule has 2 rings (SSSR count). The highest BCUT2D eigenvalue weighted by molar-refractivity contribution is 9.10. The van der Waals surface area contributed by atoms with Crippen LogP contribution in [-0.2, 0) is 16.6 Å². The second-order valence-electron chi connectivity index (χ2n) is 4.75. The van der Waals surface area contributed by atoms with Crippen LogP contribution >= 0.6 is 27.7 Å². The summed E-state index contributed by atoms with van der Waals surface area (Å²) < 4.78 is 28.0. The summed E-state index contributed by atoms with van der Waals surface area (Å²) in [6.07, 6.45) is 0. The molecule has 20 heavy (non-hydrogen) atoms. The summed E-state index contributed by atoms with van der Waals surface area (Å²) in [6, 6.07) is 3.75. The highest BCUT2D eigenvalue weighted by Gasteiger charge is 2.28. The van der Waals surface area contributed by atoms with Gasteiger partial charge in [-0.15, -0.1) is 0 Å². The molecule has 1 aromatic rings. The van der Waals surface area contributed by atoms with Gasteiger partial charge in [-0.25, -0.2) is 8.42 Å². The summed E-state index contributed by atoms with van der Waals surface area (Å²) in [6.45, 7) is 3.69. The van der Waals surface area contributed by atoms with E-state index in [4.69, 9.17) is 0 Å². The number of nitrogens with zero attached hydrogens (tertiary/aromatic N) is 1. The Kier molecular flexibility index (Phi) is 5.53. The standard InChI is InChI=1S/C13H19BrN2O2S2/c1-10-12(14)7-11(9-15-2)8-13(10)20(17,18)16-3-5-19-6-4-16/h7-8,15H,3-6,9H2,1-2H3. The maximum absolute atomic E-state index is 12.8. The van der Waals surface area contributed by atoms with Crippen molar-refractivity contribution in [3.05, 3.63) is 27.7 Å². The first-order chi connectivity index (χ1) is 9.46. The van der Waals surface area contributed by atoms with Gasteiger partial charge in [0.25, 0.3) is 0 Å². The van der Waals surface area contributed by atoms with Gasteiger partial charge in [-0.05, 0) is 37.2 Å². The minimum absolute atomic E-state index is 0.420. The summed E-state index contributed by atoms with van der Waals surface area (Å²) in [5.74, 6) is 1.74. The van der Waals surface area contributed by atoms with Crippen LogP contribution in [0.15, 0.2) is 21.5 Å². The van der Waals surface area contributed by atoms with Crippen molar-refractivity contribution in [3.8, 4) is 0 Å². The van der Waals surface area contributed by atoms with E-state index >= 15 is 0 Å².